The molecule has 1 amide bonds. The van der Waals surface area contributed by atoms with Crippen molar-refractivity contribution in [3.05, 3.63) is 86.4 Å². The van der Waals surface area contributed by atoms with E-state index in [4.69, 9.17) is 39.5 Å². The molecule has 0 fully saturated rings. The van der Waals surface area contributed by atoms with Gasteiger partial charge in [-0.2, -0.15) is 0 Å². The maximum Gasteiger partial charge on any atom is 0.262 e. The zero-order valence-corrected chi connectivity index (χ0v) is 18.8. The molecule has 0 radical (unpaired) electrons. The molecule has 3 aromatic carbocycles. The summed E-state index contributed by atoms with van der Waals surface area (Å²) < 4.78 is 5.55. The number of carbonyl (C=O) groups excluding carboxylic acids is 1. The Hall–Kier alpha value is -2.40. The van der Waals surface area contributed by atoms with Crippen LogP contribution in [0.15, 0.2) is 54.6 Å². The van der Waals surface area contributed by atoms with E-state index in [1.165, 1.54) is 11.1 Å². The minimum Gasteiger partial charge on any atom is -0.482 e. The Balaban J connectivity index is 1.53. The van der Waals surface area contributed by atoms with Gasteiger partial charge in [0.25, 0.3) is 5.91 Å². The maximum atomic E-state index is 12.1. The molecule has 0 atom stereocenters. The van der Waals surface area contributed by atoms with E-state index >= 15 is 0 Å². The van der Waals surface area contributed by atoms with Crippen molar-refractivity contribution in [1.82, 2.24) is 0 Å². The highest BCUT2D eigenvalue weighted by Gasteiger charge is 2.09. The summed E-state index contributed by atoms with van der Waals surface area (Å²) in [4.78, 5) is 12.1. The van der Waals surface area contributed by atoms with Crippen molar-refractivity contribution in [2.75, 3.05) is 17.2 Å². The molecule has 0 aliphatic carbocycles. The topological polar surface area (TPSA) is 50.4 Å². The lowest BCUT2D eigenvalue weighted by Gasteiger charge is -2.12. The van der Waals surface area contributed by atoms with Gasteiger partial charge in [0.1, 0.15) is 5.75 Å². The van der Waals surface area contributed by atoms with Crippen molar-refractivity contribution in [3.8, 4) is 5.75 Å². The van der Waals surface area contributed by atoms with Gasteiger partial charge in [-0.15, -0.1) is 0 Å². The fourth-order valence-corrected chi connectivity index (χ4v) is 3.30. The minimum atomic E-state index is -0.329. The third-order valence-electron chi connectivity index (χ3n) is 4.56. The summed E-state index contributed by atoms with van der Waals surface area (Å²) in [7, 11) is 0. The number of hydrogen-bond acceptors (Lipinski definition) is 3. The van der Waals surface area contributed by atoms with Gasteiger partial charge in [-0.3, -0.25) is 4.79 Å². The number of hydrogen-bond donors (Lipinski definition) is 2. The highest BCUT2D eigenvalue weighted by Crippen LogP contribution is 2.27. The quantitative estimate of drug-likeness (QED) is 0.401. The van der Waals surface area contributed by atoms with E-state index in [9.17, 15) is 4.79 Å². The number of nitrogens with one attached hydrogen (secondary N) is 2. The van der Waals surface area contributed by atoms with E-state index in [1.807, 2.05) is 18.2 Å². The average molecular weight is 464 g/mol. The smallest absolute Gasteiger partial charge is 0.262 e. The summed E-state index contributed by atoms with van der Waals surface area (Å²) in [6.45, 7) is 4.62. The van der Waals surface area contributed by atoms with E-state index in [-0.39, 0.29) is 12.5 Å². The van der Waals surface area contributed by atoms with Gasteiger partial charge < -0.3 is 15.4 Å². The van der Waals surface area contributed by atoms with E-state index in [2.05, 4.69) is 36.6 Å². The van der Waals surface area contributed by atoms with Crippen molar-refractivity contribution < 1.29 is 9.53 Å². The van der Waals surface area contributed by atoms with Crippen molar-refractivity contribution in [2.45, 2.75) is 20.4 Å². The van der Waals surface area contributed by atoms with E-state index < -0.39 is 0 Å². The van der Waals surface area contributed by atoms with Crippen LogP contribution < -0.4 is 15.4 Å². The van der Waals surface area contributed by atoms with Gasteiger partial charge in [0, 0.05) is 17.9 Å². The maximum absolute atomic E-state index is 12.1. The molecule has 156 valence electrons. The second-order valence-corrected chi connectivity index (χ2v) is 8.10. The number of benzene rings is 3. The highest BCUT2D eigenvalue weighted by molar-refractivity contribution is 6.42. The summed E-state index contributed by atoms with van der Waals surface area (Å²) in [5.74, 6) is 0.112. The van der Waals surface area contributed by atoms with E-state index in [0.29, 0.717) is 33.0 Å². The molecule has 0 bridgehead atoms. The summed E-state index contributed by atoms with van der Waals surface area (Å²) in [5, 5.41) is 7.30. The SMILES string of the molecule is Cc1ccc(NCc2ccc(OCC(=O)Nc3ccc(Cl)c(Cl)c3)c(Cl)c2)cc1C. The second-order valence-electron chi connectivity index (χ2n) is 6.88. The predicted molar refractivity (Wildman–Crippen MR) is 125 cm³/mol. The molecule has 0 saturated carbocycles. The Kier molecular flexibility index (Phi) is 7.48. The Morgan fingerprint density at radius 1 is 0.833 bits per heavy atom. The van der Waals surface area contributed by atoms with Gasteiger partial charge in [-0.1, -0.05) is 46.9 Å². The van der Waals surface area contributed by atoms with Crippen LogP contribution in [0.1, 0.15) is 16.7 Å². The average Bonchev–Trinajstić information content (AvgIpc) is 2.71. The molecule has 4 nitrogen and oxygen atoms in total. The highest BCUT2D eigenvalue weighted by atomic mass is 35.5. The number of rotatable bonds is 7. The number of ether oxygens (including phenoxy) is 1. The summed E-state index contributed by atoms with van der Waals surface area (Å²) >= 11 is 18.1. The van der Waals surface area contributed by atoms with Crippen LogP contribution in [0, 0.1) is 13.8 Å². The lowest BCUT2D eigenvalue weighted by molar-refractivity contribution is -0.118. The fraction of sp³-hybridized carbons (Fsp3) is 0.174. The molecule has 0 unspecified atom stereocenters. The first-order valence-electron chi connectivity index (χ1n) is 9.29. The monoisotopic (exact) mass is 462 g/mol. The standard InChI is InChI=1S/C23H21Cl3N2O2/c1-14-3-5-17(9-15(14)2)27-12-16-4-8-22(21(26)10-16)30-13-23(29)28-18-6-7-19(24)20(25)11-18/h3-11,27H,12-13H2,1-2H3,(H,28,29). The molecular weight excluding hydrogens is 443 g/mol. The molecular formula is C23H21Cl3N2O2. The van der Waals surface area contributed by atoms with Crippen molar-refractivity contribution in [3.63, 3.8) is 0 Å². The number of halogens is 3. The second kappa shape index (κ2) is 10.1. The van der Waals surface area contributed by atoms with Gasteiger partial charge in [0.2, 0.25) is 0 Å². The van der Waals surface area contributed by atoms with Crippen molar-refractivity contribution in [1.29, 1.82) is 0 Å². The third kappa shape index (κ3) is 6.05. The lowest BCUT2D eigenvalue weighted by Crippen LogP contribution is -2.20. The van der Waals surface area contributed by atoms with Crippen LogP contribution in [0.3, 0.4) is 0 Å². The Morgan fingerprint density at radius 3 is 2.30 bits per heavy atom. The summed E-state index contributed by atoms with van der Waals surface area (Å²) in [6.07, 6.45) is 0. The van der Waals surface area contributed by atoms with Gasteiger partial charge >= 0.3 is 0 Å². The minimum absolute atomic E-state index is 0.180. The first kappa shape index (κ1) is 22.3. The zero-order valence-electron chi connectivity index (χ0n) is 16.6. The molecule has 0 spiro atoms. The molecule has 0 saturated heterocycles. The van der Waals surface area contributed by atoms with Crippen LogP contribution in [0.25, 0.3) is 0 Å². The van der Waals surface area contributed by atoms with Crippen LogP contribution >= 0.6 is 34.8 Å². The molecule has 7 heteroatoms. The normalized spacial score (nSPS) is 10.6. The van der Waals surface area contributed by atoms with Crippen LogP contribution in [0.5, 0.6) is 5.75 Å². The Bertz CT molecular complexity index is 1070. The molecule has 0 aliphatic rings. The number of aryl methyl sites for hydroxylation is 2. The van der Waals surface area contributed by atoms with E-state index in [1.54, 1.807) is 24.3 Å². The largest absolute Gasteiger partial charge is 0.482 e. The zero-order chi connectivity index (χ0) is 21.7. The van der Waals surface area contributed by atoms with Gasteiger partial charge in [-0.25, -0.2) is 0 Å². The molecule has 30 heavy (non-hydrogen) atoms. The molecule has 3 rings (SSSR count). The van der Waals surface area contributed by atoms with Gasteiger partial charge in [0.05, 0.1) is 15.1 Å². The first-order chi connectivity index (χ1) is 14.3. The molecule has 0 aliphatic heterocycles. The molecule has 2 N–H and O–H groups in total. The van der Waals surface area contributed by atoms with Crippen molar-refractivity contribution >= 4 is 52.1 Å². The van der Waals surface area contributed by atoms with Crippen molar-refractivity contribution in [2.24, 2.45) is 0 Å². The number of amides is 1. The first-order valence-corrected chi connectivity index (χ1v) is 10.4. The van der Waals surface area contributed by atoms with Gasteiger partial charge in [-0.05, 0) is 73.0 Å². The Morgan fingerprint density at radius 2 is 1.60 bits per heavy atom. The van der Waals surface area contributed by atoms with Crippen LogP contribution in [-0.4, -0.2) is 12.5 Å². The fourth-order valence-electron chi connectivity index (χ4n) is 2.74. The van der Waals surface area contributed by atoms with Crippen LogP contribution in [0.2, 0.25) is 15.1 Å². The summed E-state index contributed by atoms with van der Waals surface area (Å²) in [5.41, 5.74) is 5.09. The number of anilines is 2. The molecule has 3 aromatic rings. The predicted octanol–water partition coefficient (Wildman–Crippen LogP) is 6.89. The lowest BCUT2D eigenvalue weighted by atomic mass is 10.1. The van der Waals surface area contributed by atoms with E-state index in [0.717, 1.165) is 11.3 Å². The van der Waals surface area contributed by atoms with Crippen LogP contribution in [0.4, 0.5) is 11.4 Å². The third-order valence-corrected chi connectivity index (χ3v) is 5.60. The number of carbonyl (C=O) groups is 1. The summed E-state index contributed by atoms with van der Waals surface area (Å²) in [6, 6.07) is 16.6. The van der Waals surface area contributed by atoms with Crippen LogP contribution in [-0.2, 0) is 11.3 Å². The molecule has 0 aromatic heterocycles. The van der Waals surface area contributed by atoms with Gasteiger partial charge in [0.15, 0.2) is 6.61 Å². The Labute approximate surface area is 191 Å². The molecule has 0 heterocycles.